The van der Waals surface area contributed by atoms with Crippen LogP contribution in [0.15, 0.2) is 66.6 Å². The van der Waals surface area contributed by atoms with Crippen molar-refractivity contribution < 1.29 is 4.84 Å². The fraction of sp³-hybridized carbons (Fsp3) is 0.316. The Bertz CT molecular complexity index is 637. The minimum atomic E-state index is 0.829. The van der Waals surface area contributed by atoms with Gasteiger partial charge >= 0.3 is 0 Å². The Labute approximate surface area is 143 Å². The predicted molar refractivity (Wildman–Crippen MR) is 96.4 cm³/mol. The van der Waals surface area contributed by atoms with E-state index < -0.39 is 0 Å². The summed E-state index contributed by atoms with van der Waals surface area (Å²) in [6.45, 7) is 3.89. The van der Waals surface area contributed by atoms with Crippen molar-refractivity contribution in [2.75, 3.05) is 38.2 Å². The summed E-state index contributed by atoms with van der Waals surface area (Å²) >= 11 is 0. The monoisotopic (exact) mass is 324 g/mol. The van der Waals surface area contributed by atoms with Crippen LogP contribution in [0, 0.1) is 0 Å². The summed E-state index contributed by atoms with van der Waals surface area (Å²) in [4.78, 5) is 14.2. The molecule has 0 saturated carbocycles. The van der Waals surface area contributed by atoms with Crippen molar-refractivity contribution in [3.63, 3.8) is 0 Å². The van der Waals surface area contributed by atoms with Gasteiger partial charge in [-0.15, -0.1) is 0 Å². The molecule has 5 heteroatoms. The second-order valence-corrected chi connectivity index (χ2v) is 5.83. The number of nitrogens with one attached hydrogen (secondary N) is 1. The number of rotatable bonds is 6. The number of allylic oxidation sites excluding steroid dienone is 1. The van der Waals surface area contributed by atoms with Gasteiger partial charge in [-0.1, -0.05) is 36.4 Å². The maximum atomic E-state index is 5.14. The molecule has 1 aliphatic heterocycles. The third-order valence-corrected chi connectivity index (χ3v) is 4.10. The molecule has 5 nitrogen and oxygen atoms in total. The molecule has 1 saturated heterocycles. The second kappa shape index (κ2) is 8.36. The fourth-order valence-electron chi connectivity index (χ4n) is 2.90. The summed E-state index contributed by atoms with van der Waals surface area (Å²) in [7, 11) is 1.65. The first kappa shape index (κ1) is 16.3. The van der Waals surface area contributed by atoms with Gasteiger partial charge in [0.05, 0.1) is 12.8 Å². The van der Waals surface area contributed by atoms with Gasteiger partial charge in [-0.2, -0.15) is 0 Å². The first-order valence-electron chi connectivity index (χ1n) is 8.29. The lowest BCUT2D eigenvalue weighted by atomic mass is 10.1. The van der Waals surface area contributed by atoms with Crippen LogP contribution in [-0.4, -0.2) is 43.2 Å². The highest BCUT2D eigenvalue weighted by atomic mass is 16.6. The van der Waals surface area contributed by atoms with Gasteiger partial charge in [0.1, 0.15) is 5.82 Å². The highest BCUT2D eigenvalue weighted by Gasteiger charge is 2.16. The van der Waals surface area contributed by atoms with Gasteiger partial charge in [0.15, 0.2) is 0 Å². The van der Waals surface area contributed by atoms with Crippen LogP contribution < -0.4 is 10.4 Å². The van der Waals surface area contributed by atoms with Gasteiger partial charge in [-0.05, 0) is 17.7 Å². The molecule has 0 atom stereocenters. The van der Waals surface area contributed by atoms with Gasteiger partial charge in [0, 0.05) is 45.0 Å². The van der Waals surface area contributed by atoms with Crippen LogP contribution in [0.1, 0.15) is 5.56 Å². The lowest BCUT2D eigenvalue weighted by molar-refractivity contribution is 0.113. The molecule has 1 aromatic carbocycles. The molecule has 1 N–H and O–H groups in total. The van der Waals surface area contributed by atoms with Crippen molar-refractivity contribution >= 4 is 5.82 Å². The molecule has 1 aliphatic rings. The minimum absolute atomic E-state index is 0.829. The number of piperazine rings is 1. The van der Waals surface area contributed by atoms with Crippen LogP contribution in [0.3, 0.4) is 0 Å². The van der Waals surface area contributed by atoms with Gasteiger partial charge in [0.2, 0.25) is 0 Å². The standard InChI is InChI=1S/C19H24N4O/c1-24-21-18(15-17-7-3-2-4-8-17)16-22-11-13-23(14-12-22)19-9-5-6-10-20-19/h2-10,16,21H,11-15H2,1H3. The van der Waals surface area contributed by atoms with Crippen molar-refractivity contribution in [2.24, 2.45) is 0 Å². The molecule has 126 valence electrons. The zero-order valence-corrected chi connectivity index (χ0v) is 14.1. The van der Waals surface area contributed by atoms with Crippen molar-refractivity contribution in [2.45, 2.75) is 6.42 Å². The van der Waals surface area contributed by atoms with E-state index >= 15 is 0 Å². The summed E-state index contributed by atoms with van der Waals surface area (Å²) < 4.78 is 0. The van der Waals surface area contributed by atoms with Crippen LogP contribution in [0.25, 0.3) is 0 Å². The normalized spacial score (nSPS) is 15.5. The number of hydrogen-bond donors (Lipinski definition) is 1. The number of anilines is 1. The SMILES string of the molecule is CONC(=CN1CCN(c2ccccn2)CC1)Cc1ccccc1. The summed E-state index contributed by atoms with van der Waals surface area (Å²) in [5, 5.41) is 0. The molecular weight excluding hydrogens is 300 g/mol. The smallest absolute Gasteiger partial charge is 0.128 e. The largest absolute Gasteiger partial charge is 0.372 e. The number of hydrogen-bond acceptors (Lipinski definition) is 5. The molecule has 0 aliphatic carbocycles. The molecule has 2 heterocycles. The topological polar surface area (TPSA) is 40.6 Å². The average molecular weight is 324 g/mol. The molecule has 0 amide bonds. The van der Waals surface area contributed by atoms with Gasteiger partial charge in [-0.3, -0.25) is 10.3 Å². The molecule has 0 spiro atoms. The Hall–Kier alpha value is -2.53. The first-order valence-corrected chi connectivity index (χ1v) is 8.29. The van der Waals surface area contributed by atoms with E-state index in [4.69, 9.17) is 4.84 Å². The quantitative estimate of drug-likeness (QED) is 0.827. The van der Waals surface area contributed by atoms with E-state index in [1.54, 1.807) is 7.11 Å². The highest BCUT2D eigenvalue weighted by Crippen LogP contribution is 2.14. The number of nitrogens with zero attached hydrogens (tertiary/aromatic N) is 3. The van der Waals surface area contributed by atoms with Gasteiger partial charge in [0.25, 0.3) is 0 Å². The lowest BCUT2D eigenvalue weighted by Gasteiger charge is -2.35. The van der Waals surface area contributed by atoms with Crippen LogP contribution in [-0.2, 0) is 11.3 Å². The van der Waals surface area contributed by atoms with Crippen molar-refractivity contribution in [1.29, 1.82) is 0 Å². The molecule has 1 aromatic heterocycles. The van der Waals surface area contributed by atoms with Crippen LogP contribution in [0.4, 0.5) is 5.82 Å². The Balaban J connectivity index is 1.60. The Morgan fingerprint density at radius 2 is 1.83 bits per heavy atom. The molecule has 2 aromatic rings. The zero-order valence-electron chi connectivity index (χ0n) is 14.1. The van der Waals surface area contributed by atoms with Gasteiger partial charge in [-0.25, -0.2) is 4.98 Å². The van der Waals surface area contributed by atoms with E-state index in [-0.39, 0.29) is 0 Å². The molecule has 0 radical (unpaired) electrons. The third-order valence-electron chi connectivity index (χ3n) is 4.10. The van der Waals surface area contributed by atoms with E-state index in [1.807, 2.05) is 24.4 Å². The van der Waals surface area contributed by atoms with Crippen LogP contribution in [0.5, 0.6) is 0 Å². The van der Waals surface area contributed by atoms with Crippen molar-refractivity contribution in [3.8, 4) is 0 Å². The van der Waals surface area contributed by atoms with Crippen molar-refractivity contribution in [1.82, 2.24) is 15.4 Å². The fourth-order valence-corrected chi connectivity index (χ4v) is 2.90. The molecular formula is C19H24N4O. The average Bonchev–Trinajstić information content (AvgIpc) is 2.64. The second-order valence-electron chi connectivity index (χ2n) is 5.83. The van der Waals surface area contributed by atoms with E-state index in [1.165, 1.54) is 5.56 Å². The number of hydroxylamine groups is 1. The van der Waals surface area contributed by atoms with Crippen molar-refractivity contribution in [3.05, 3.63) is 72.2 Å². The summed E-state index contributed by atoms with van der Waals surface area (Å²) in [6, 6.07) is 16.5. The molecule has 24 heavy (non-hydrogen) atoms. The summed E-state index contributed by atoms with van der Waals surface area (Å²) in [6.07, 6.45) is 4.85. The number of aromatic nitrogens is 1. The van der Waals surface area contributed by atoms with E-state index in [0.717, 1.165) is 44.1 Å². The maximum absolute atomic E-state index is 5.14. The Morgan fingerprint density at radius 1 is 1.08 bits per heavy atom. The van der Waals surface area contributed by atoms with E-state index in [0.29, 0.717) is 0 Å². The molecule has 0 unspecified atom stereocenters. The van der Waals surface area contributed by atoms with E-state index in [9.17, 15) is 0 Å². The number of benzene rings is 1. The van der Waals surface area contributed by atoms with Gasteiger partial charge < -0.3 is 9.80 Å². The zero-order chi connectivity index (χ0) is 16.6. The van der Waals surface area contributed by atoms with E-state index in [2.05, 4.69) is 56.8 Å². The Morgan fingerprint density at radius 3 is 2.50 bits per heavy atom. The maximum Gasteiger partial charge on any atom is 0.128 e. The summed E-state index contributed by atoms with van der Waals surface area (Å²) in [5.41, 5.74) is 5.34. The first-order chi connectivity index (χ1) is 11.8. The third kappa shape index (κ3) is 4.49. The highest BCUT2D eigenvalue weighted by molar-refractivity contribution is 5.38. The van der Waals surface area contributed by atoms with Crippen LogP contribution in [0.2, 0.25) is 0 Å². The number of pyridine rings is 1. The molecule has 3 rings (SSSR count). The molecule has 1 fully saturated rings. The predicted octanol–water partition coefficient (Wildman–Crippen LogP) is 2.44. The minimum Gasteiger partial charge on any atom is -0.372 e. The van der Waals surface area contributed by atoms with Crippen LogP contribution >= 0.6 is 0 Å². The lowest BCUT2D eigenvalue weighted by Crippen LogP contribution is -2.44. The molecule has 0 bridgehead atoms. The Kier molecular flexibility index (Phi) is 5.69. The summed E-state index contributed by atoms with van der Waals surface area (Å²) in [5.74, 6) is 1.06.